The standard InChI is InChI=1S/C11H20N4O/c1-3-4-9(2)14-11(16)8-15-6-5-13-10(15)7-12/h5-6,9H,3-4,7-8,12H2,1-2H3,(H,14,16). The van der Waals surface area contributed by atoms with Crippen LogP contribution in [0.3, 0.4) is 0 Å². The average molecular weight is 224 g/mol. The molecule has 5 nitrogen and oxygen atoms in total. The molecule has 16 heavy (non-hydrogen) atoms. The van der Waals surface area contributed by atoms with Gasteiger partial charge in [0.25, 0.3) is 0 Å². The fraction of sp³-hybridized carbons (Fsp3) is 0.636. The number of nitrogens with one attached hydrogen (secondary N) is 1. The Kier molecular flexibility index (Phi) is 4.98. The Hall–Kier alpha value is -1.36. The summed E-state index contributed by atoms with van der Waals surface area (Å²) in [6.07, 6.45) is 5.50. The van der Waals surface area contributed by atoms with Gasteiger partial charge in [-0.2, -0.15) is 0 Å². The van der Waals surface area contributed by atoms with Gasteiger partial charge in [-0.05, 0) is 13.3 Å². The van der Waals surface area contributed by atoms with Crippen LogP contribution in [0.5, 0.6) is 0 Å². The fourth-order valence-electron chi connectivity index (χ4n) is 1.65. The zero-order chi connectivity index (χ0) is 12.0. The molecule has 1 aromatic rings. The number of carbonyl (C=O) groups excluding carboxylic acids is 1. The van der Waals surface area contributed by atoms with E-state index in [-0.39, 0.29) is 11.9 Å². The molecule has 0 spiro atoms. The first-order valence-electron chi connectivity index (χ1n) is 5.66. The highest BCUT2D eigenvalue weighted by molar-refractivity contribution is 5.76. The van der Waals surface area contributed by atoms with Gasteiger partial charge in [0.1, 0.15) is 12.4 Å². The number of imidazole rings is 1. The lowest BCUT2D eigenvalue weighted by Gasteiger charge is -2.13. The molecule has 1 rings (SSSR count). The molecule has 5 heteroatoms. The summed E-state index contributed by atoms with van der Waals surface area (Å²) in [5.41, 5.74) is 5.50. The second-order valence-corrected chi connectivity index (χ2v) is 3.93. The number of nitrogens with zero attached hydrogens (tertiary/aromatic N) is 2. The van der Waals surface area contributed by atoms with Crippen LogP contribution in [-0.4, -0.2) is 21.5 Å². The number of hydrogen-bond acceptors (Lipinski definition) is 3. The summed E-state index contributed by atoms with van der Waals surface area (Å²) < 4.78 is 1.77. The molecule has 90 valence electrons. The predicted octanol–water partition coefficient (Wildman–Crippen LogP) is 0.647. The Balaban J connectivity index is 2.45. The number of rotatable bonds is 6. The topological polar surface area (TPSA) is 72.9 Å². The maximum absolute atomic E-state index is 11.7. The smallest absolute Gasteiger partial charge is 0.240 e. The van der Waals surface area contributed by atoms with Gasteiger partial charge >= 0.3 is 0 Å². The van der Waals surface area contributed by atoms with Crippen molar-refractivity contribution < 1.29 is 4.79 Å². The molecule has 3 N–H and O–H groups in total. The van der Waals surface area contributed by atoms with Crippen molar-refractivity contribution in [1.29, 1.82) is 0 Å². The molecule has 1 unspecified atom stereocenters. The Morgan fingerprint density at radius 3 is 3.06 bits per heavy atom. The summed E-state index contributed by atoms with van der Waals surface area (Å²) in [6.45, 7) is 4.76. The minimum Gasteiger partial charge on any atom is -0.352 e. The van der Waals surface area contributed by atoms with Crippen LogP contribution >= 0.6 is 0 Å². The van der Waals surface area contributed by atoms with Crippen molar-refractivity contribution in [3.8, 4) is 0 Å². The quantitative estimate of drug-likeness (QED) is 0.745. The Labute approximate surface area is 96.0 Å². The highest BCUT2D eigenvalue weighted by Crippen LogP contribution is 1.98. The molecule has 1 heterocycles. The summed E-state index contributed by atoms with van der Waals surface area (Å²) in [5, 5.41) is 2.94. The SMILES string of the molecule is CCCC(C)NC(=O)Cn1ccnc1CN. The van der Waals surface area contributed by atoms with Crippen LogP contribution in [0.4, 0.5) is 0 Å². The van der Waals surface area contributed by atoms with Gasteiger partial charge in [-0.25, -0.2) is 4.98 Å². The first-order valence-corrected chi connectivity index (χ1v) is 5.66. The van der Waals surface area contributed by atoms with E-state index in [1.165, 1.54) is 0 Å². The normalized spacial score (nSPS) is 12.4. The van der Waals surface area contributed by atoms with Crippen LogP contribution in [0.1, 0.15) is 32.5 Å². The summed E-state index contributed by atoms with van der Waals surface area (Å²) in [5.74, 6) is 0.743. The van der Waals surface area contributed by atoms with E-state index in [4.69, 9.17) is 5.73 Å². The number of nitrogens with two attached hydrogens (primary N) is 1. The summed E-state index contributed by atoms with van der Waals surface area (Å²) in [6, 6.07) is 0.224. The molecule has 0 saturated carbocycles. The maximum Gasteiger partial charge on any atom is 0.240 e. The van der Waals surface area contributed by atoms with Gasteiger partial charge in [0.2, 0.25) is 5.91 Å². The van der Waals surface area contributed by atoms with Crippen molar-refractivity contribution in [3.05, 3.63) is 18.2 Å². The molecular weight excluding hydrogens is 204 g/mol. The second-order valence-electron chi connectivity index (χ2n) is 3.93. The fourth-order valence-corrected chi connectivity index (χ4v) is 1.65. The van der Waals surface area contributed by atoms with Gasteiger partial charge in [-0.3, -0.25) is 4.79 Å². The Bertz CT molecular complexity index is 334. The second kappa shape index (κ2) is 6.27. The van der Waals surface area contributed by atoms with Gasteiger partial charge in [-0.1, -0.05) is 13.3 Å². The van der Waals surface area contributed by atoms with Crippen LogP contribution in [0, 0.1) is 0 Å². The lowest BCUT2D eigenvalue weighted by Crippen LogP contribution is -2.35. The molecule has 0 fully saturated rings. The van der Waals surface area contributed by atoms with Gasteiger partial charge in [-0.15, -0.1) is 0 Å². The number of hydrogen-bond donors (Lipinski definition) is 2. The van der Waals surface area contributed by atoms with Crippen molar-refractivity contribution >= 4 is 5.91 Å². The van der Waals surface area contributed by atoms with E-state index in [0.29, 0.717) is 13.1 Å². The number of carbonyl (C=O) groups is 1. The summed E-state index contributed by atoms with van der Waals surface area (Å²) in [4.78, 5) is 15.7. The van der Waals surface area contributed by atoms with Crippen LogP contribution < -0.4 is 11.1 Å². The minimum absolute atomic E-state index is 0.00801. The highest BCUT2D eigenvalue weighted by atomic mass is 16.2. The lowest BCUT2D eigenvalue weighted by molar-refractivity contribution is -0.122. The molecule has 0 aliphatic carbocycles. The van der Waals surface area contributed by atoms with E-state index in [2.05, 4.69) is 17.2 Å². The third-order valence-corrected chi connectivity index (χ3v) is 2.43. The molecule has 0 aliphatic heterocycles. The third kappa shape index (κ3) is 3.66. The Morgan fingerprint density at radius 1 is 1.69 bits per heavy atom. The number of amides is 1. The monoisotopic (exact) mass is 224 g/mol. The first-order chi connectivity index (χ1) is 7.67. The van der Waals surface area contributed by atoms with E-state index < -0.39 is 0 Å². The van der Waals surface area contributed by atoms with Crippen molar-refractivity contribution in [2.75, 3.05) is 0 Å². The van der Waals surface area contributed by atoms with E-state index in [1.807, 2.05) is 6.92 Å². The first kappa shape index (κ1) is 12.7. The van der Waals surface area contributed by atoms with Gasteiger partial charge in [0.05, 0.1) is 6.54 Å². The van der Waals surface area contributed by atoms with Crippen molar-refractivity contribution in [2.45, 2.75) is 45.8 Å². The molecule has 0 bridgehead atoms. The Morgan fingerprint density at radius 2 is 2.44 bits per heavy atom. The van der Waals surface area contributed by atoms with E-state index in [0.717, 1.165) is 18.7 Å². The molecule has 0 aromatic carbocycles. The maximum atomic E-state index is 11.7. The predicted molar refractivity (Wildman–Crippen MR) is 62.6 cm³/mol. The molecule has 1 amide bonds. The molecule has 1 aromatic heterocycles. The molecule has 1 atom stereocenters. The molecule has 0 radical (unpaired) electrons. The van der Waals surface area contributed by atoms with E-state index in [1.54, 1.807) is 17.0 Å². The molecule has 0 saturated heterocycles. The molecule has 0 aliphatic rings. The minimum atomic E-state index is 0.00801. The van der Waals surface area contributed by atoms with Crippen molar-refractivity contribution in [1.82, 2.24) is 14.9 Å². The largest absolute Gasteiger partial charge is 0.352 e. The van der Waals surface area contributed by atoms with Crippen LogP contribution in [0.25, 0.3) is 0 Å². The summed E-state index contributed by atoms with van der Waals surface area (Å²) in [7, 11) is 0. The van der Waals surface area contributed by atoms with Crippen molar-refractivity contribution in [3.63, 3.8) is 0 Å². The van der Waals surface area contributed by atoms with Crippen LogP contribution in [-0.2, 0) is 17.9 Å². The zero-order valence-corrected chi connectivity index (χ0v) is 9.94. The van der Waals surface area contributed by atoms with Gasteiger partial charge < -0.3 is 15.6 Å². The van der Waals surface area contributed by atoms with E-state index in [9.17, 15) is 4.79 Å². The van der Waals surface area contributed by atoms with Crippen molar-refractivity contribution in [2.24, 2.45) is 5.73 Å². The van der Waals surface area contributed by atoms with E-state index >= 15 is 0 Å². The lowest BCUT2D eigenvalue weighted by atomic mass is 10.2. The van der Waals surface area contributed by atoms with Crippen LogP contribution in [0.15, 0.2) is 12.4 Å². The number of aromatic nitrogens is 2. The zero-order valence-electron chi connectivity index (χ0n) is 9.94. The summed E-state index contributed by atoms with van der Waals surface area (Å²) >= 11 is 0. The third-order valence-electron chi connectivity index (χ3n) is 2.43. The molecular formula is C11H20N4O. The van der Waals surface area contributed by atoms with Gasteiger partial charge in [0.15, 0.2) is 0 Å². The van der Waals surface area contributed by atoms with Crippen LogP contribution in [0.2, 0.25) is 0 Å². The highest BCUT2D eigenvalue weighted by Gasteiger charge is 2.09. The van der Waals surface area contributed by atoms with Gasteiger partial charge in [0, 0.05) is 18.4 Å². The average Bonchev–Trinajstić information content (AvgIpc) is 2.65.